The van der Waals surface area contributed by atoms with Gasteiger partial charge in [0.25, 0.3) is 5.76 Å². The van der Waals surface area contributed by atoms with Crippen molar-refractivity contribution in [3.8, 4) is 0 Å². The van der Waals surface area contributed by atoms with Crippen LogP contribution in [0.3, 0.4) is 0 Å². The smallest absolute Gasteiger partial charge is 0.383 e. The van der Waals surface area contributed by atoms with Gasteiger partial charge in [0.05, 0.1) is 38.1 Å². The number of Topliss-reactive ketones (excluding diaryl/α,β-unsaturated/α-hetero) is 1. The number of hydrogen-bond donors (Lipinski definition) is 1. The highest BCUT2D eigenvalue weighted by Crippen LogP contribution is 2.42. The summed E-state index contributed by atoms with van der Waals surface area (Å²) in [5.41, 5.74) is 2.58. The van der Waals surface area contributed by atoms with Crippen molar-refractivity contribution in [2.24, 2.45) is 5.92 Å². The van der Waals surface area contributed by atoms with Crippen molar-refractivity contribution in [3.05, 3.63) is 46.1 Å². The van der Waals surface area contributed by atoms with E-state index in [2.05, 4.69) is 5.32 Å². The summed E-state index contributed by atoms with van der Waals surface area (Å²) in [5.74, 6) is 0.683. The van der Waals surface area contributed by atoms with Crippen LogP contribution in [-0.4, -0.2) is 32.6 Å². The predicted molar refractivity (Wildman–Crippen MR) is 89.9 cm³/mol. The summed E-state index contributed by atoms with van der Waals surface area (Å²) < 4.78 is 21.7. The molecule has 138 valence electrons. The van der Waals surface area contributed by atoms with E-state index in [0.717, 1.165) is 42.7 Å². The number of dihydropyridines is 1. The van der Waals surface area contributed by atoms with Gasteiger partial charge >= 0.3 is 5.97 Å². The lowest BCUT2D eigenvalue weighted by Crippen LogP contribution is -2.35. The number of rotatable bonds is 3. The molecule has 7 heteroatoms. The summed E-state index contributed by atoms with van der Waals surface area (Å²) in [4.78, 5) is 24.4. The van der Waals surface area contributed by atoms with Crippen LogP contribution in [0.5, 0.6) is 0 Å². The van der Waals surface area contributed by atoms with Gasteiger partial charge in [-0.05, 0) is 37.3 Å². The lowest BCUT2D eigenvalue weighted by atomic mass is 9.81. The van der Waals surface area contributed by atoms with E-state index in [4.69, 9.17) is 18.9 Å². The summed E-state index contributed by atoms with van der Waals surface area (Å²) in [6, 6.07) is 0. The van der Waals surface area contributed by atoms with Gasteiger partial charge < -0.3 is 24.3 Å². The van der Waals surface area contributed by atoms with Crippen molar-refractivity contribution in [3.63, 3.8) is 0 Å². The van der Waals surface area contributed by atoms with Crippen molar-refractivity contribution >= 4 is 11.8 Å². The zero-order valence-electron chi connectivity index (χ0n) is 14.8. The molecule has 3 aliphatic heterocycles. The van der Waals surface area contributed by atoms with Gasteiger partial charge in [-0.25, -0.2) is 4.79 Å². The zero-order chi connectivity index (χ0) is 18.3. The average molecular weight is 359 g/mol. The molecule has 1 N–H and O–H groups in total. The van der Waals surface area contributed by atoms with E-state index in [9.17, 15) is 9.59 Å². The molecule has 0 aromatic rings. The Morgan fingerprint density at radius 2 is 1.88 bits per heavy atom. The van der Waals surface area contributed by atoms with Crippen molar-refractivity contribution < 1.29 is 28.5 Å². The summed E-state index contributed by atoms with van der Waals surface area (Å²) in [6.45, 7) is 0.632. The number of carbonyl (C=O) groups is 2. The Kier molecular flexibility index (Phi) is 4.22. The Hall–Kier alpha value is -2.70. The maximum atomic E-state index is 12.4. The summed E-state index contributed by atoms with van der Waals surface area (Å²) in [5, 5.41) is 3.30. The first-order valence-corrected chi connectivity index (χ1v) is 8.79. The molecule has 0 radical (unpaired) electrons. The molecule has 0 spiro atoms. The number of ether oxygens (including phenoxy) is 4. The van der Waals surface area contributed by atoms with Crippen LogP contribution >= 0.6 is 0 Å². The maximum Gasteiger partial charge on any atom is 0.383 e. The Labute approximate surface area is 151 Å². The predicted octanol–water partition coefficient (Wildman–Crippen LogP) is 2.18. The number of hydrogen-bond acceptors (Lipinski definition) is 7. The van der Waals surface area contributed by atoms with Crippen LogP contribution in [0.4, 0.5) is 0 Å². The molecule has 7 nitrogen and oxygen atoms in total. The number of ketones is 1. The highest BCUT2D eigenvalue weighted by atomic mass is 16.6. The molecule has 0 saturated carbocycles. The van der Waals surface area contributed by atoms with Gasteiger partial charge in [-0.3, -0.25) is 4.79 Å². The molecule has 1 atom stereocenters. The van der Waals surface area contributed by atoms with Crippen LogP contribution in [0.2, 0.25) is 0 Å². The second kappa shape index (κ2) is 6.55. The Balaban J connectivity index is 1.80. The summed E-state index contributed by atoms with van der Waals surface area (Å²) >= 11 is 0. The molecule has 4 rings (SSSR count). The SMILES string of the molecule is COC1=C(OC)/C(=C/C2C3=C(NC4=C2OCCC4)C(=O)CCC3)OC1=O. The van der Waals surface area contributed by atoms with E-state index < -0.39 is 5.97 Å². The summed E-state index contributed by atoms with van der Waals surface area (Å²) in [6.07, 6.45) is 5.67. The van der Waals surface area contributed by atoms with Gasteiger partial charge in [-0.15, -0.1) is 0 Å². The fourth-order valence-corrected chi connectivity index (χ4v) is 3.89. The van der Waals surface area contributed by atoms with E-state index in [1.807, 2.05) is 0 Å². The van der Waals surface area contributed by atoms with Crippen LogP contribution in [0.1, 0.15) is 32.1 Å². The monoisotopic (exact) mass is 359 g/mol. The maximum absolute atomic E-state index is 12.4. The minimum absolute atomic E-state index is 0.0420. The normalized spacial score (nSPS) is 27.0. The highest BCUT2D eigenvalue weighted by molar-refractivity contribution is 5.97. The molecule has 1 aliphatic carbocycles. The largest absolute Gasteiger partial charge is 0.495 e. The molecule has 26 heavy (non-hydrogen) atoms. The third-order valence-corrected chi connectivity index (χ3v) is 5.05. The van der Waals surface area contributed by atoms with Crippen molar-refractivity contribution in [2.45, 2.75) is 32.1 Å². The summed E-state index contributed by atoms with van der Waals surface area (Å²) in [7, 11) is 2.86. The zero-order valence-corrected chi connectivity index (χ0v) is 14.8. The molecule has 0 fully saturated rings. The Bertz CT molecular complexity index is 801. The second-order valence-corrected chi connectivity index (χ2v) is 6.56. The number of esters is 1. The molecular weight excluding hydrogens is 338 g/mol. The van der Waals surface area contributed by atoms with Gasteiger partial charge in [-0.2, -0.15) is 0 Å². The second-order valence-electron chi connectivity index (χ2n) is 6.56. The first kappa shape index (κ1) is 16.8. The molecule has 0 amide bonds. The molecule has 0 aromatic heterocycles. The van der Waals surface area contributed by atoms with Crippen molar-refractivity contribution in [1.29, 1.82) is 0 Å². The number of nitrogens with one attached hydrogen (secondary N) is 1. The molecule has 4 aliphatic rings. The van der Waals surface area contributed by atoms with Gasteiger partial charge in [0.2, 0.25) is 5.76 Å². The molecular formula is C19H21NO6. The van der Waals surface area contributed by atoms with Crippen LogP contribution in [0.25, 0.3) is 0 Å². The minimum atomic E-state index is -0.586. The lowest BCUT2D eigenvalue weighted by Gasteiger charge is -2.36. The highest BCUT2D eigenvalue weighted by Gasteiger charge is 2.39. The van der Waals surface area contributed by atoms with Crippen molar-refractivity contribution in [2.75, 3.05) is 20.8 Å². The number of carbonyl (C=O) groups excluding carboxylic acids is 2. The minimum Gasteiger partial charge on any atom is -0.495 e. The lowest BCUT2D eigenvalue weighted by molar-refractivity contribution is -0.136. The molecule has 0 bridgehead atoms. The number of allylic oxidation sites excluding steroid dienone is 3. The quantitative estimate of drug-likeness (QED) is 0.773. The van der Waals surface area contributed by atoms with Crippen LogP contribution < -0.4 is 5.32 Å². The van der Waals surface area contributed by atoms with Crippen molar-refractivity contribution in [1.82, 2.24) is 5.32 Å². The van der Waals surface area contributed by atoms with Gasteiger partial charge in [0.15, 0.2) is 11.5 Å². The van der Waals surface area contributed by atoms with E-state index in [0.29, 0.717) is 24.5 Å². The van der Waals surface area contributed by atoms with E-state index in [1.165, 1.54) is 14.2 Å². The molecule has 3 heterocycles. The third-order valence-electron chi connectivity index (χ3n) is 5.05. The van der Waals surface area contributed by atoms with Crippen LogP contribution in [0, 0.1) is 5.92 Å². The van der Waals surface area contributed by atoms with E-state index in [-0.39, 0.29) is 23.2 Å². The fourth-order valence-electron chi connectivity index (χ4n) is 3.89. The first-order valence-electron chi connectivity index (χ1n) is 8.79. The average Bonchev–Trinajstić information content (AvgIpc) is 2.96. The third kappa shape index (κ3) is 2.58. The van der Waals surface area contributed by atoms with Gasteiger partial charge in [-0.1, -0.05) is 0 Å². The molecule has 0 aromatic carbocycles. The van der Waals surface area contributed by atoms with Gasteiger partial charge in [0.1, 0.15) is 5.76 Å². The van der Waals surface area contributed by atoms with E-state index >= 15 is 0 Å². The Morgan fingerprint density at radius 1 is 1.08 bits per heavy atom. The number of cyclic esters (lactones) is 1. The van der Waals surface area contributed by atoms with Crippen LogP contribution in [0.15, 0.2) is 46.1 Å². The standard InChI is InChI=1S/C19H21NO6/c1-23-17-14(26-19(22)18(17)24-2)9-11-10-5-3-7-13(21)15(10)20-12-6-4-8-25-16(11)12/h9,11,20H,3-8H2,1-2H3/b14-9-. The Morgan fingerprint density at radius 3 is 2.65 bits per heavy atom. The topological polar surface area (TPSA) is 83.1 Å². The van der Waals surface area contributed by atoms with Crippen LogP contribution in [-0.2, 0) is 28.5 Å². The molecule has 0 saturated heterocycles. The number of methoxy groups -OCH3 is 2. The fraction of sp³-hybridized carbons (Fsp3) is 0.474. The van der Waals surface area contributed by atoms with Gasteiger partial charge in [0, 0.05) is 6.42 Å². The van der Waals surface area contributed by atoms with E-state index in [1.54, 1.807) is 6.08 Å². The molecule has 1 unspecified atom stereocenters. The first-order chi connectivity index (χ1) is 12.6.